The topological polar surface area (TPSA) is 59.1 Å². The smallest absolute Gasteiger partial charge is 0.195 e. The van der Waals surface area contributed by atoms with E-state index in [9.17, 15) is 9.90 Å². The molecule has 4 nitrogen and oxygen atoms in total. The zero-order valence-corrected chi connectivity index (χ0v) is 25.9. The van der Waals surface area contributed by atoms with E-state index < -0.39 is 5.79 Å². The minimum atomic E-state index is -1.17. The second-order valence-corrected chi connectivity index (χ2v) is 14.9. The predicted octanol–water partition coefficient (Wildman–Crippen LogP) is 7.83. The number of hydrogen-bond acceptors (Lipinski definition) is 4. The summed E-state index contributed by atoms with van der Waals surface area (Å²) in [6.45, 7) is 14.0. The second kappa shape index (κ2) is 9.24. The number of ketones is 1. The fourth-order valence-electron chi connectivity index (χ4n) is 10.9. The van der Waals surface area contributed by atoms with Gasteiger partial charge in [-0.15, -0.1) is 0 Å². The van der Waals surface area contributed by atoms with Crippen molar-refractivity contribution in [3.63, 3.8) is 0 Å². The van der Waals surface area contributed by atoms with Crippen LogP contribution >= 0.6 is 0 Å². The van der Waals surface area contributed by atoms with Crippen LogP contribution < -0.4 is 0 Å². The highest BCUT2D eigenvalue weighted by atomic mass is 16.7. The van der Waals surface area contributed by atoms with Gasteiger partial charge in [0.15, 0.2) is 5.79 Å². The molecule has 4 heteroatoms. The SMILES string of the molecule is CCCOC1(O)CCC2(C)C3C(c4ccc(-c5c(C)cc(C)cc5C)cc4)C[C@]4(C)C(=O)CCC4C3CC[C@]23OC13. The fraction of sp³-hybridized carbons (Fsp3) is 0.649. The van der Waals surface area contributed by atoms with Crippen LogP contribution in [0.2, 0.25) is 0 Å². The molecule has 1 N–H and O–H groups in total. The Hall–Kier alpha value is -2.01. The highest BCUT2D eigenvalue weighted by Gasteiger charge is 2.81. The lowest BCUT2D eigenvalue weighted by molar-refractivity contribution is -0.239. The Kier molecular flexibility index (Phi) is 6.27. The van der Waals surface area contributed by atoms with Crippen molar-refractivity contribution in [3.05, 3.63) is 58.7 Å². The van der Waals surface area contributed by atoms with Gasteiger partial charge in [-0.05, 0) is 111 Å². The molecule has 5 aliphatic rings. The number of benzene rings is 2. The lowest BCUT2D eigenvalue weighted by atomic mass is 9.41. The van der Waals surface area contributed by atoms with Gasteiger partial charge < -0.3 is 14.6 Å². The molecule has 2 aromatic carbocycles. The molecule has 5 fully saturated rings. The zero-order chi connectivity index (χ0) is 28.9. The summed E-state index contributed by atoms with van der Waals surface area (Å²) < 4.78 is 12.7. The van der Waals surface area contributed by atoms with E-state index in [1.807, 2.05) is 0 Å². The normalized spacial score (nSPS) is 42.7. The molecular weight excluding hydrogens is 508 g/mol. The van der Waals surface area contributed by atoms with Crippen molar-refractivity contribution in [2.24, 2.45) is 28.6 Å². The number of carbonyl (C=O) groups excluding carboxylic acids is 1. The summed E-state index contributed by atoms with van der Waals surface area (Å²) in [6, 6.07) is 13.9. The van der Waals surface area contributed by atoms with E-state index in [0.29, 0.717) is 42.5 Å². The van der Waals surface area contributed by atoms with E-state index in [2.05, 4.69) is 77.9 Å². The maximum absolute atomic E-state index is 13.5. The number of fused-ring (bicyclic) bond motifs is 4. The van der Waals surface area contributed by atoms with Crippen LogP contribution in [0.15, 0.2) is 36.4 Å². The Morgan fingerprint density at radius 2 is 1.71 bits per heavy atom. The van der Waals surface area contributed by atoms with Gasteiger partial charge in [-0.25, -0.2) is 0 Å². The number of hydrogen-bond donors (Lipinski definition) is 1. The predicted molar refractivity (Wildman–Crippen MR) is 162 cm³/mol. The minimum Gasteiger partial charge on any atom is -0.363 e. The van der Waals surface area contributed by atoms with Crippen molar-refractivity contribution >= 4 is 5.78 Å². The van der Waals surface area contributed by atoms with Crippen LogP contribution in [-0.4, -0.2) is 35.0 Å². The molecule has 1 aliphatic heterocycles. The molecule has 0 bridgehead atoms. The van der Waals surface area contributed by atoms with Crippen LogP contribution in [0.25, 0.3) is 11.1 Å². The lowest BCUT2D eigenvalue weighted by Gasteiger charge is -2.62. The summed E-state index contributed by atoms with van der Waals surface area (Å²) in [5.74, 6) is 0.995. The van der Waals surface area contributed by atoms with E-state index in [1.165, 1.54) is 33.4 Å². The first-order chi connectivity index (χ1) is 19.5. The summed E-state index contributed by atoms with van der Waals surface area (Å²) >= 11 is 0. The van der Waals surface area contributed by atoms with Gasteiger partial charge in [-0.1, -0.05) is 62.7 Å². The van der Waals surface area contributed by atoms with Gasteiger partial charge in [-0.2, -0.15) is 0 Å². The van der Waals surface area contributed by atoms with E-state index in [-0.39, 0.29) is 22.5 Å². The molecule has 2 aromatic rings. The third kappa shape index (κ3) is 3.79. The summed E-state index contributed by atoms with van der Waals surface area (Å²) in [5.41, 5.74) is 7.29. The summed E-state index contributed by atoms with van der Waals surface area (Å²) in [6.07, 6.45) is 6.89. The molecule has 0 aromatic heterocycles. The molecule has 1 saturated heterocycles. The third-order valence-electron chi connectivity index (χ3n) is 12.7. The highest BCUT2D eigenvalue weighted by Crippen LogP contribution is 2.75. The summed E-state index contributed by atoms with van der Waals surface area (Å²) in [7, 11) is 0. The van der Waals surface area contributed by atoms with Gasteiger partial charge >= 0.3 is 0 Å². The van der Waals surface area contributed by atoms with Crippen molar-refractivity contribution in [3.8, 4) is 11.1 Å². The van der Waals surface area contributed by atoms with Gasteiger partial charge in [-0.3, -0.25) is 4.79 Å². The van der Waals surface area contributed by atoms with Crippen molar-refractivity contribution < 1.29 is 19.4 Å². The van der Waals surface area contributed by atoms with Crippen molar-refractivity contribution in [1.82, 2.24) is 0 Å². The van der Waals surface area contributed by atoms with Crippen LogP contribution in [-0.2, 0) is 14.3 Å². The van der Waals surface area contributed by atoms with Crippen molar-refractivity contribution in [2.75, 3.05) is 6.61 Å². The quantitative estimate of drug-likeness (QED) is 0.301. The highest BCUT2D eigenvalue weighted by molar-refractivity contribution is 5.87. The molecule has 7 rings (SSSR count). The van der Waals surface area contributed by atoms with Gasteiger partial charge in [0.25, 0.3) is 0 Å². The molecule has 220 valence electrons. The number of carbonyl (C=O) groups is 1. The fourth-order valence-corrected chi connectivity index (χ4v) is 10.9. The maximum Gasteiger partial charge on any atom is 0.195 e. The average Bonchev–Trinajstić information content (AvgIpc) is 3.62. The Labute approximate surface area is 246 Å². The number of ether oxygens (including phenoxy) is 2. The Bertz CT molecular complexity index is 1360. The van der Waals surface area contributed by atoms with Crippen LogP contribution in [0.4, 0.5) is 0 Å². The Morgan fingerprint density at radius 3 is 2.39 bits per heavy atom. The number of rotatable bonds is 5. The number of aliphatic hydroxyl groups is 1. The van der Waals surface area contributed by atoms with Crippen molar-refractivity contribution in [1.29, 1.82) is 0 Å². The van der Waals surface area contributed by atoms with Crippen LogP contribution in [0.5, 0.6) is 0 Å². The van der Waals surface area contributed by atoms with E-state index in [1.54, 1.807) is 0 Å². The zero-order valence-electron chi connectivity index (χ0n) is 25.9. The summed E-state index contributed by atoms with van der Waals surface area (Å²) in [4.78, 5) is 13.5. The van der Waals surface area contributed by atoms with E-state index in [0.717, 1.165) is 44.9 Å². The number of aryl methyl sites for hydroxylation is 3. The number of epoxide rings is 1. The first-order valence-electron chi connectivity index (χ1n) is 16.2. The van der Waals surface area contributed by atoms with E-state index in [4.69, 9.17) is 9.47 Å². The molecule has 4 aliphatic carbocycles. The molecular formula is C37H48O4. The van der Waals surface area contributed by atoms with Gasteiger partial charge in [0.2, 0.25) is 0 Å². The Morgan fingerprint density at radius 1 is 1.00 bits per heavy atom. The number of Topliss-reactive ketones (excluding diaryl/α,β-unsaturated/α-hetero) is 1. The Balaban J connectivity index is 1.28. The first-order valence-corrected chi connectivity index (χ1v) is 16.2. The molecule has 1 spiro atoms. The minimum absolute atomic E-state index is 0.0528. The van der Waals surface area contributed by atoms with Gasteiger partial charge in [0.1, 0.15) is 17.5 Å². The standard InChI is InChI=1S/C37H48O4/c1-7-18-40-37(39)17-16-35(6)32-27(14-15-36(35)33(37)41-36)29-12-13-30(38)34(29,5)21-28(32)25-8-10-26(11-9-25)31-23(3)19-22(2)20-24(31)4/h8-11,19-20,27-29,32-33,39H,7,12-18,21H2,1-6H3/t27?,28?,29?,32?,33?,34-,35?,36+,37?/m0/s1. The second-order valence-electron chi connectivity index (χ2n) is 14.9. The van der Waals surface area contributed by atoms with E-state index >= 15 is 0 Å². The third-order valence-corrected chi connectivity index (χ3v) is 12.7. The maximum atomic E-state index is 13.5. The van der Waals surface area contributed by atoms with Crippen LogP contribution in [0.3, 0.4) is 0 Å². The molecule has 9 atom stereocenters. The van der Waals surface area contributed by atoms with Crippen LogP contribution in [0, 0.1) is 49.4 Å². The van der Waals surface area contributed by atoms with Crippen LogP contribution in [0.1, 0.15) is 100 Å². The largest absolute Gasteiger partial charge is 0.363 e. The average molecular weight is 557 g/mol. The molecule has 1 heterocycles. The lowest BCUT2D eigenvalue weighted by Crippen LogP contribution is -2.63. The molecule has 41 heavy (non-hydrogen) atoms. The summed E-state index contributed by atoms with van der Waals surface area (Å²) in [5, 5.41) is 11.6. The molecule has 4 saturated carbocycles. The molecule has 0 radical (unpaired) electrons. The van der Waals surface area contributed by atoms with Crippen molar-refractivity contribution in [2.45, 2.75) is 116 Å². The monoisotopic (exact) mass is 556 g/mol. The molecule has 0 amide bonds. The van der Waals surface area contributed by atoms with Gasteiger partial charge in [0.05, 0.1) is 0 Å². The van der Waals surface area contributed by atoms with Gasteiger partial charge in [0, 0.05) is 30.3 Å². The first kappa shape index (κ1) is 27.8. The molecule has 7 unspecified atom stereocenters.